The smallest absolute Gasteiger partial charge is 0.269 e. The van der Waals surface area contributed by atoms with Gasteiger partial charge in [-0.15, -0.1) is 0 Å². The monoisotopic (exact) mass is 555 g/mol. The summed E-state index contributed by atoms with van der Waals surface area (Å²) in [5.41, 5.74) is 1.79. The standard InChI is InChI=1S/C29H25N5O3S2/c35-19-27-31-26-17-30-29-25(13-15-33(29)39(36,37)24-8-2-1-3-9-24)28(26)34(27)22-12-14-32(18-22)38-23-11-10-20-6-4-5-7-21(20)16-23/h1-11,13,15-17,22,35H,12,14,18-19H2. The van der Waals surface area contributed by atoms with E-state index in [1.165, 1.54) is 19.6 Å². The third kappa shape index (κ3) is 4.11. The number of aromatic nitrogens is 4. The maximum absolute atomic E-state index is 13.4. The Morgan fingerprint density at radius 3 is 2.59 bits per heavy atom. The largest absolute Gasteiger partial charge is 0.388 e. The number of nitrogens with zero attached hydrogens (tertiary/aromatic N) is 5. The molecule has 1 fully saturated rings. The van der Waals surface area contributed by atoms with E-state index in [1.807, 2.05) is 6.07 Å². The van der Waals surface area contributed by atoms with Crippen LogP contribution in [0, 0.1) is 0 Å². The van der Waals surface area contributed by atoms with Crippen LogP contribution < -0.4 is 0 Å². The first-order valence-electron chi connectivity index (χ1n) is 12.7. The van der Waals surface area contributed by atoms with Crippen LogP contribution in [0.2, 0.25) is 0 Å². The molecule has 6 aromatic rings. The Balaban J connectivity index is 1.25. The maximum Gasteiger partial charge on any atom is 0.269 e. The second kappa shape index (κ2) is 9.49. The number of fused-ring (bicyclic) bond motifs is 4. The molecule has 4 heterocycles. The zero-order valence-electron chi connectivity index (χ0n) is 20.9. The Morgan fingerprint density at radius 2 is 1.77 bits per heavy atom. The number of hydrogen-bond donors (Lipinski definition) is 1. The molecule has 10 heteroatoms. The lowest BCUT2D eigenvalue weighted by Gasteiger charge is -2.18. The minimum atomic E-state index is -3.82. The van der Waals surface area contributed by atoms with Crippen molar-refractivity contribution in [3.05, 3.63) is 97.1 Å². The molecule has 3 aromatic carbocycles. The normalized spacial score (nSPS) is 16.6. The van der Waals surface area contributed by atoms with Gasteiger partial charge in [0, 0.05) is 29.6 Å². The highest BCUT2D eigenvalue weighted by Crippen LogP contribution is 2.37. The number of pyridine rings is 1. The number of hydrogen-bond acceptors (Lipinski definition) is 7. The van der Waals surface area contributed by atoms with Crippen LogP contribution in [0.15, 0.2) is 101 Å². The first-order valence-corrected chi connectivity index (χ1v) is 14.9. The van der Waals surface area contributed by atoms with Crippen LogP contribution in [0.1, 0.15) is 18.3 Å². The molecule has 0 bridgehead atoms. The molecule has 0 radical (unpaired) electrons. The van der Waals surface area contributed by atoms with Crippen molar-refractivity contribution in [3.8, 4) is 0 Å². The van der Waals surface area contributed by atoms with Gasteiger partial charge in [0.2, 0.25) is 0 Å². The quantitative estimate of drug-likeness (QED) is 0.282. The van der Waals surface area contributed by atoms with E-state index in [9.17, 15) is 13.5 Å². The number of benzene rings is 3. The average Bonchev–Trinajstić information content (AvgIpc) is 3.69. The molecule has 0 saturated carbocycles. The van der Waals surface area contributed by atoms with E-state index in [4.69, 9.17) is 0 Å². The van der Waals surface area contributed by atoms with Crippen molar-refractivity contribution in [2.45, 2.75) is 28.9 Å². The Labute approximate surface area is 229 Å². The van der Waals surface area contributed by atoms with Gasteiger partial charge in [-0.05, 0) is 59.5 Å². The molecule has 0 spiro atoms. The number of aliphatic hydroxyl groups excluding tert-OH is 1. The summed E-state index contributed by atoms with van der Waals surface area (Å²) in [6, 6.07) is 25.1. The molecule has 1 unspecified atom stereocenters. The first-order chi connectivity index (χ1) is 19.0. The predicted octanol–water partition coefficient (Wildman–Crippen LogP) is 5.22. The van der Waals surface area contributed by atoms with Crippen LogP contribution in [0.5, 0.6) is 0 Å². The molecule has 1 aliphatic rings. The lowest BCUT2D eigenvalue weighted by molar-refractivity contribution is 0.262. The van der Waals surface area contributed by atoms with Gasteiger partial charge < -0.3 is 9.67 Å². The highest BCUT2D eigenvalue weighted by Gasteiger charge is 2.30. The van der Waals surface area contributed by atoms with E-state index in [-0.39, 0.29) is 17.5 Å². The molecule has 1 saturated heterocycles. The number of aliphatic hydroxyl groups is 1. The summed E-state index contributed by atoms with van der Waals surface area (Å²) in [5, 5.41) is 13.3. The fraction of sp³-hybridized carbons (Fsp3) is 0.172. The van der Waals surface area contributed by atoms with Gasteiger partial charge in [0.1, 0.15) is 17.9 Å². The Kier molecular flexibility index (Phi) is 5.93. The van der Waals surface area contributed by atoms with E-state index in [2.05, 4.69) is 55.2 Å². The van der Waals surface area contributed by atoms with E-state index in [0.717, 1.165) is 25.0 Å². The fourth-order valence-electron chi connectivity index (χ4n) is 5.48. The molecule has 39 heavy (non-hydrogen) atoms. The van der Waals surface area contributed by atoms with Gasteiger partial charge in [0.15, 0.2) is 5.65 Å². The van der Waals surface area contributed by atoms with Crippen LogP contribution >= 0.6 is 11.9 Å². The van der Waals surface area contributed by atoms with Gasteiger partial charge in [-0.2, -0.15) is 0 Å². The van der Waals surface area contributed by atoms with E-state index in [0.29, 0.717) is 22.4 Å². The molecule has 0 aliphatic carbocycles. The number of rotatable bonds is 6. The van der Waals surface area contributed by atoms with Crippen molar-refractivity contribution in [1.29, 1.82) is 0 Å². The van der Waals surface area contributed by atoms with Crippen molar-refractivity contribution < 1.29 is 13.5 Å². The first kappa shape index (κ1) is 24.3. The molecule has 3 aromatic heterocycles. The van der Waals surface area contributed by atoms with Crippen molar-refractivity contribution in [2.24, 2.45) is 0 Å². The predicted molar refractivity (Wildman–Crippen MR) is 153 cm³/mol. The Bertz CT molecular complexity index is 1950. The van der Waals surface area contributed by atoms with Crippen LogP contribution in [0.3, 0.4) is 0 Å². The molecule has 196 valence electrons. The maximum atomic E-state index is 13.4. The summed E-state index contributed by atoms with van der Waals surface area (Å²) in [5.74, 6) is 0.556. The van der Waals surface area contributed by atoms with Gasteiger partial charge in [0.05, 0.1) is 22.7 Å². The molecule has 1 atom stereocenters. The average molecular weight is 556 g/mol. The van der Waals surface area contributed by atoms with Crippen molar-refractivity contribution in [1.82, 2.24) is 22.8 Å². The van der Waals surface area contributed by atoms with Crippen molar-refractivity contribution in [3.63, 3.8) is 0 Å². The van der Waals surface area contributed by atoms with Gasteiger partial charge in [-0.25, -0.2) is 26.7 Å². The zero-order chi connectivity index (χ0) is 26.6. The highest BCUT2D eigenvalue weighted by atomic mass is 32.2. The van der Waals surface area contributed by atoms with Crippen LogP contribution in [-0.2, 0) is 16.6 Å². The summed E-state index contributed by atoms with van der Waals surface area (Å²) in [4.78, 5) is 10.5. The van der Waals surface area contributed by atoms with Crippen molar-refractivity contribution in [2.75, 3.05) is 13.1 Å². The minimum absolute atomic E-state index is 0.0739. The molecule has 1 aliphatic heterocycles. The molecular formula is C29H25N5O3S2. The molecule has 7 rings (SSSR count). The SMILES string of the molecule is O=S(=O)(c1ccccc1)n1ccc2c1ncc1nc(CO)n(C3CCN(Sc4ccc5ccccc5c4)C3)c12. The van der Waals surface area contributed by atoms with Gasteiger partial charge >= 0.3 is 0 Å². The van der Waals surface area contributed by atoms with E-state index >= 15 is 0 Å². The van der Waals surface area contributed by atoms with Crippen LogP contribution in [0.4, 0.5) is 0 Å². The third-order valence-corrected chi connectivity index (χ3v) is 10.0. The summed E-state index contributed by atoms with van der Waals surface area (Å²) < 4.78 is 32.4. The van der Waals surface area contributed by atoms with Gasteiger partial charge in [-0.3, -0.25) is 0 Å². The molecule has 8 nitrogen and oxygen atoms in total. The lowest BCUT2D eigenvalue weighted by atomic mass is 10.1. The molecular weight excluding hydrogens is 530 g/mol. The van der Waals surface area contributed by atoms with Gasteiger partial charge in [0.25, 0.3) is 10.0 Å². The zero-order valence-corrected chi connectivity index (χ0v) is 22.5. The van der Waals surface area contributed by atoms with Gasteiger partial charge in [-0.1, -0.05) is 48.5 Å². The second-order valence-corrected chi connectivity index (χ2v) is 12.6. The number of imidazole rings is 1. The summed E-state index contributed by atoms with van der Waals surface area (Å²) >= 11 is 1.74. The second-order valence-electron chi connectivity index (χ2n) is 9.65. The summed E-state index contributed by atoms with van der Waals surface area (Å²) in [6.07, 6.45) is 4.03. The van der Waals surface area contributed by atoms with E-state index in [1.54, 1.807) is 60.7 Å². The third-order valence-electron chi connectivity index (χ3n) is 7.29. The summed E-state index contributed by atoms with van der Waals surface area (Å²) in [6.45, 7) is 1.43. The molecule has 1 N–H and O–H groups in total. The van der Waals surface area contributed by atoms with E-state index < -0.39 is 10.0 Å². The summed E-state index contributed by atoms with van der Waals surface area (Å²) in [7, 11) is -3.82. The van der Waals surface area contributed by atoms with Crippen LogP contribution in [0.25, 0.3) is 32.8 Å². The fourth-order valence-corrected chi connectivity index (χ4v) is 7.85. The Hall–Kier alpha value is -3.70. The van der Waals surface area contributed by atoms with Crippen molar-refractivity contribution >= 4 is 54.8 Å². The lowest BCUT2D eigenvalue weighted by Crippen LogP contribution is -2.17. The highest BCUT2D eigenvalue weighted by molar-refractivity contribution is 7.97. The topological polar surface area (TPSA) is 93.2 Å². The minimum Gasteiger partial charge on any atom is -0.388 e. The molecule has 0 amide bonds. The van der Waals surface area contributed by atoms with Crippen LogP contribution in [-0.4, -0.2) is 49.4 Å². The Morgan fingerprint density at radius 1 is 0.974 bits per heavy atom.